The van der Waals surface area contributed by atoms with Crippen LogP contribution in [-0.2, 0) is 6.54 Å². The van der Waals surface area contributed by atoms with Crippen LogP contribution in [0.5, 0.6) is 0 Å². The highest BCUT2D eigenvalue weighted by atomic mass is 16.2. The van der Waals surface area contributed by atoms with Crippen LogP contribution in [0.1, 0.15) is 59.6 Å². The van der Waals surface area contributed by atoms with Gasteiger partial charge in [-0.2, -0.15) is 0 Å². The quantitative estimate of drug-likeness (QED) is 0.868. The molecule has 0 radical (unpaired) electrons. The van der Waals surface area contributed by atoms with Gasteiger partial charge in [-0.05, 0) is 32.6 Å². The van der Waals surface area contributed by atoms with Gasteiger partial charge in [0.2, 0.25) is 0 Å². The molecule has 5 nitrogen and oxygen atoms in total. The van der Waals surface area contributed by atoms with Crippen LogP contribution in [0.15, 0.2) is 15.8 Å². The number of rotatable bonds is 5. The van der Waals surface area contributed by atoms with Gasteiger partial charge in [-0.25, -0.2) is 4.79 Å². The Morgan fingerprint density at radius 1 is 1.25 bits per heavy atom. The van der Waals surface area contributed by atoms with Crippen molar-refractivity contribution in [1.82, 2.24) is 14.9 Å². The summed E-state index contributed by atoms with van der Waals surface area (Å²) in [6.07, 6.45) is 2.68. The first-order valence-corrected chi connectivity index (χ1v) is 7.18. The van der Waals surface area contributed by atoms with E-state index in [2.05, 4.69) is 38.0 Å². The summed E-state index contributed by atoms with van der Waals surface area (Å²) in [6, 6.07) is 0.346. The molecule has 0 amide bonds. The van der Waals surface area contributed by atoms with Crippen molar-refractivity contribution in [3.8, 4) is 0 Å². The fraction of sp³-hybridized carbons (Fsp3) is 0.733. The van der Waals surface area contributed by atoms with Gasteiger partial charge in [-0.3, -0.25) is 14.3 Å². The van der Waals surface area contributed by atoms with E-state index >= 15 is 0 Å². The summed E-state index contributed by atoms with van der Waals surface area (Å²) in [6.45, 7) is 13.0. The van der Waals surface area contributed by atoms with Crippen molar-refractivity contribution in [2.75, 3.05) is 0 Å². The number of nitrogens with zero attached hydrogens (tertiary/aromatic N) is 1. The summed E-state index contributed by atoms with van der Waals surface area (Å²) in [5.41, 5.74) is 0.188. The van der Waals surface area contributed by atoms with Crippen LogP contribution in [0.2, 0.25) is 0 Å². The summed E-state index contributed by atoms with van der Waals surface area (Å²) >= 11 is 0. The third-order valence-electron chi connectivity index (χ3n) is 3.16. The Labute approximate surface area is 120 Å². The van der Waals surface area contributed by atoms with Crippen LogP contribution in [0.3, 0.4) is 0 Å². The van der Waals surface area contributed by atoms with Gasteiger partial charge in [-0.1, -0.05) is 20.8 Å². The first-order valence-electron chi connectivity index (χ1n) is 7.18. The first-order chi connectivity index (χ1) is 9.10. The Balaban J connectivity index is 2.81. The number of aromatic amines is 1. The average Bonchev–Trinajstić information content (AvgIpc) is 2.24. The zero-order chi connectivity index (χ0) is 15.5. The maximum atomic E-state index is 11.8. The second kappa shape index (κ2) is 6.39. The monoisotopic (exact) mass is 281 g/mol. The molecule has 0 saturated heterocycles. The molecule has 0 aliphatic carbocycles. The van der Waals surface area contributed by atoms with E-state index in [0.29, 0.717) is 18.2 Å². The molecule has 2 N–H and O–H groups in total. The van der Waals surface area contributed by atoms with Crippen molar-refractivity contribution in [2.24, 2.45) is 5.41 Å². The number of hydrogen-bond donors (Lipinski definition) is 2. The van der Waals surface area contributed by atoms with E-state index in [4.69, 9.17) is 0 Å². The average molecular weight is 281 g/mol. The molecule has 0 fully saturated rings. The van der Waals surface area contributed by atoms with Gasteiger partial charge in [0.15, 0.2) is 0 Å². The van der Waals surface area contributed by atoms with Crippen LogP contribution in [0.4, 0.5) is 0 Å². The molecule has 0 saturated carbocycles. The van der Waals surface area contributed by atoms with Gasteiger partial charge >= 0.3 is 5.69 Å². The Kier molecular flexibility index (Phi) is 5.34. The van der Waals surface area contributed by atoms with Gasteiger partial charge in [0.05, 0.1) is 0 Å². The van der Waals surface area contributed by atoms with Crippen molar-refractivity contribution >= 4 is 0 Å². The van der Waals surface area contributed by atoms with E-state index in [1.807, 2.05) is 13.8 Å². The normalized spacial score (nSPS) is 13.8. The smallest absolute Gasteiger partial charge is 0.310 e. The molecule has 1 unspecified atom stereocenters. The number of hydrogen-bond acceptors (Lipinski definition) is 3. The Morgan fingerprint density at radius 3 is 2.35 bits per heavy atom. The van der Waals surface area contributed by atoms with E-state index < -0.39 is 0 Å². The van der Waals surface area contributed by atoms with Gasteiger partial charge < -0.3 is 5.32 Å². The summed E-state index contributed by atoms with van der Waals surface area (Å²) in [4.78, 5) is 25.8. The van der Waals surface area contributed by atoms with Crippen molar-refractivity contribution in [2.45, 2.75) is 66.6 Å². The highest BCUT2D eigenvalue weighted by Crippen LogP contribution is 2.20. The molecule has 1 atom stereocenters. The molecule has 5 heteroatoms. The zero-order valence-electron chi connectivity index (χ0n) is 13.4. The van der Waals surface area contributed by atoms with Crippen molar-refractivity contribution in [1.29, 1.82) is 0 Å². The highest BCUT2D eigenvalue weighted by molar-refractivity contribution is 5.05. The van der Waals surface area contributed by atoms with Crippen molar-refractivity contribution < 1.29 is 0 Å². The molecular formula is C15H27N3O2. The number of H-pyrrole nitrogens is 1. The predicted octanol–water partition coefficient (Wildman–Crippen LogP) is 2.03. The lowest BCUT2D eigenvalue weighted by Gasteiger charge is -2.24. The Bertz CT molecular complexity index is 549. The number of aromatic nitrogens is 2. The van der Waals surface area contributed by atoms with Crippen molar-refractivity contribution in [3.63, 3.8) is 0 Å². The summed E-state index contributed by atoms with van der Waals surface area (Å²) < 4.78 is 1.55. The van der Waals surface area contributed by atoms with E-state index in [0.717, 1.165) is 6.42 Å². The lowest BCUT2D eigenvalue weighted by Crippen LogP contribution is -2.36. The van der Waals surface area contributed by atoms with E-state index in [-0.39, 0.29) is 22.7 Å². The van der Waals surface area contributed by atoms with E-state index in [1.54, 1.807) is 10.8 Å². The lowest BCUT2D eigenvalue weighted by molar-refractivity contribution is 0.318. The standard InChI is InChI=1S/C15H27N3O2/c1-10(2)18-9-12(13(19)17-14(18)20)8-16-11(3)7-15(4,5)6/h9-11,16H,7-8H2,1-6H3,(H,17,19,20). The number of nitrogens with one attached hydrogen (secondary N) is 2. The topological polar surface area (TPSA) is 66.9 Å². The molecule has 20 heavy (non-hydrogen) atoms. The maximum absolute atomic E-state index is 11.8. The van der Waals surface area contributed by atoms with Crippen molar-refractivity contribution in [3.05, 3.63) is 32.6 Å². The van der Waals surface area contributed by atoms with Crippen LogP contribution >= 0.6 is 0 Å². The summed E-state index contributed by atoms with van der Waals surface area (Å²) in [5, 5.41) is 3.35. The second-order valence-electron chi connectivity index (χ2n) is 6.96. The maximum Gasteiger partial charge on any atom is 0.328 e. The molecule has 1 aromatic rings. The Morgan fingerprint density at radius 2 is 1.85 bits per heavy atom. The molecule has 0 spiro atoms. The minimum atomic E-state index is -0.350. The molecule has 1 rings (SSSR count). The largest absolute Gasteiger partial charge is 0.328 e. The van der Waals surface area contributed by atoms with Crippen LogP contribution in [0, 0.1) is 5.41 Å². The van der Waals surface area contributed by atoms with Gasteiger partial charge in [0, 0.05) is 30.4 Å². The highest BCUT2D eigenvalue weighted by Gasteiger charge is 2.15. The SMILES string of the molecule is CC(CC(C)(C)C)NCc1cn(C(C)C)c(=O)[nH]c1=O. The second-order valence-corrected chi connectivity index (χ2v) is 6.96. The zero-order valence-corrected chi connectivity index (χ0v) is 13.4. The summed E-state index contributed by atoms with van der Waals surface area (Å²) in [7, 11) is 0. The first kappa shape index (κ1) is 16.7. The third kappa shape index (κ3) is 4.96. The van der Waals surface area contributed by atoms with E-state index in [9.17, 15) is 9.59 Å². The molecule has 1 heterocycles. The molecule has 0 bridgehead atoms. The predicted molar refractivity (Wildman–Crippen MR) is 82.1 cm³/mol. The lowest BCUT2D eigenvalue weighted by atomic mass is 9.89. The van der Waals surface area contributed by atoms with Gasteiger partial charge in [0.25, 0.3) is 5.56 Å². The summed E-state index contributed by atoms with van der Waals surface area (Å²) in [5.74, 6) is 0. The van der Waals surface area contributed by atoms with Gasteiger partial charge in [-0.15, -0.1) is 0 Å². The third-order valence-corrected chi connectivity index (χ3v) is 3.16. The molecule has 114 valence electrons. The van der Waals surface area contributed by atoms with Crippen LogP contribution in [-0.4, -0.2) is 15.6 Å². The Hall–Kier alpha value is -1.36. The van der Waals surface area contributed by atoms with E-state index in [1.165, 1.54) is 0 Å². The minimum Gasteiger partial charge on any atom is -0.310 e. The minimum absolute atomic E-state index is 0.0325. The fourth-order valence-electron chi connectivity index (χ4n) is 2.31. The molecule has 0 aromatic carbocycles. The molecule has 1 aromatic heterocycles. The molecule has 0 aliphatic heterocycles. The molecular weight excluding hydrogens is 254 g/mol. The fourth-order valence-corrected chi connectivity index (χ4v) is 2.31. The van der Waals surface area contributed by atoms with Gasteiger partial charge in [0.1, 0.15) is 0 Å². The molecule has 0 aliphatic rings. The van der Waals surface area contributed by atoms with Crippen LogP contribution < -0.4 is 16.6 Å². The van der Waals surface area contributed by atoms with Crippen LogP contribution in [0.25, 0.3) is 0 Å².